The highest BCUT2D eigenvalue weighted by molar-refractivity contribution is 5.77. The molecule has 0 aromatic carbocycles. The Morgan fingerprint density at radius 3 is 2.55 bits per heavy atom. The van der Waals surface area contributed by atoms with Crippen molar-refractivity contribution in [2.75, 3.05) is 0 Å². The zero-order chi connectivity index (χ0) is 14.8. The molecule has 3 nitrogen and oxygen atoms in total. The Labute approximate surface area is 124 Å². The smallest absolute Gasteiger partial charge is 0.222 e. The third-order valence-corrected chi connectivity index (χ3v) is 5.48. The van der Waals surface area contributed by atoms with E-state index in [4.69, 9.17) is 5.73 Å². The lowest BCUT2D eigenvalue weighted by Crippen LogP contribution is -2.49. The van der Waals surface area contributed by atoms with Gasteiger partial charge in [0.05, 0.1) is 0 Å². The standard InChI is InChI=1S/C17H32N2O/c1-12(2)14-7-6-13(3)10-15(14)19-16(20)11-17(18)8-4-5-9-17/h12-15H,4-11,18H2,1-3H3,(H,19,20). The summed E-state index contributed by atoms with van der Waals surface area (Å²) in [6, 6.07) is 0.358. The fourth-order valence-corrected chi connectivity index (χ4v) is 4.20. The summed E-state index contributed by atoms with van der Waals surface area (Å²) in [6.45, 7) is 6.86. The van der Waals surface area contributed by atoms with Gasteiger partial charge in [-0.1, -0.05) is 40.0 Å². The predicted molar refractivity (Wildman–Crippen MR) is 83.3 cm³/mol. The van der Waals surface area contributed by atoms with Crippen molar-refractivity contribution in [3.63, 3.8) is 0 Å². The Hall–Kier alpha value is -0.570. The van der Waals surface area contributed by atoms with Gasteiger partial charge in [-0.15, -0.1) is 0 Å². The number of carbonyl (C=O) groups excluding carboxylic acids is 1. The quantitative estimate of drug-likeness (QED) is 0.830. The number of amides is 1. The molecule has 20 heavy (non-hydrogen) atoms. The lowest BCUT2D eigenvalue weighted by molar-refractivity contribution is -0.123. The molecule has 2 rings (SSSR count). The van der Waals surface area contributed by atoms with Crippen LogP contribution >= 0.6 is 0 Å². The molecule has 0 aromatic heterocycles. The van der Waals surface area contributed by atoms with Gasteiger partial charge in [-0.2, -0.15) is 0 Å². The average molecular weight is 280 g/mol. The van der Waals surface area contributed by atoms with Crippen LogP contribution < -0.4 is 11.1 Å². The first-order valence-corrected chi connectivity index (χ1v) is 8.48. The van der Waals surface area contributed by atoms with Crippen LogP contribution in [0.15, 0.2) is 0 Å². The SMILES string of the molecule is CC1CCC(C(C)C)C(NC(=O)CC2(N)CCCC2)C1. The first-order valence-electron chi connectivity index (χ1n) is 8.48. The van der Waals surface area contributed by atoms with Crippen molar-refractivity contribution in [2.24, 2.45) is 23.5 Å². The molecule has 0 bridgehead atoms. The Morgan fingerprint density at radius 1 is 1.30 bits per heavy atom. The van der Waals surface area contributed by atoms with Gasteiger partial charge in [0, 0.05) is 18.0 Å². The number of rotatable bonds is 4. The largest absolute Gasteiger partial charge is 0.353 e. The maximum atomic E-state index is 12.4. The van der Waals surface area contributed by atoms with Gasteiger partial charge in [-0.3, -0.25) is 4.79 Å². The summed E-state index contributed by atoms with van der Waals surface area (Å²) in [4.78, 5) is 12.4. The molecule has 3 heteroatoms. The highest BCUT2D eigenvalue weighted by Gasteiger charge is 2.35. The molecule has 0 aromatic rings. The molecule has 116 valence electrons. The van der Waals surface area contributed by atoms with E-state index in [0.717, 1.165) is 25.2 Å². The molecule has 0 saturated heterocycles. The number of carbonyl (C=O) groups is 1. The van der Waals surface area contributed by atoms with Crippen LogP contribution in [0.4, 0.5) is 0 Å². The van der Waals surface area contributed by atoms with E-state index in [1.165, 1.54) is 25.7 Å². The van der Waals surface area contributed by atoms with Crippen molar-refractivity contribution in [1.29, 1.82) is 0 Å². The highest BCUT2D eigenvalue weighted by atomic mass is 16.1. The third-order valence-electron chi connectivity index (χ3n) is 5.48. The van der Waals surface area contributed by atoms with Crippen molar-refractivity contribution in [2.45, 2.75) is 83.7 Å². The van der Waals surface area contributed by atoms with E-state index in [-0.39, 0.29) is 11.4 Å². The molecule has 1 amide bonds. The highest BCUT2D eigenvalue weighted by Crippen LogP contribution is 2.34. The molecule has 2 fully saturated rings. The Balaban J connectivity index is 1.90. The Kier molecular flexibility index (Phi) is 5.11. The van der Waals surface area contributed by atoms with Gasteiger partial charge in [0.15, 0.2) is 0 Å². The molecule has 3 atom stereocenters. The van der Waals surface area contributed by atoms with E-state index in [1.54, 1.807) is 0 Å². The summed E-state index contributed by atoms with van der Waals surface area (Å²) < 4.78 is 0. The van der Waals surface area contributed by atoms with Gasteiger partial charge in [0.25, 0.3) is 0 Å². The fraction of sp³-hybridized carbons (Fsp3) is 0.941. The molecule has 2 aliphatic rings. The van der Waals surface area contributed by atoms with Gasteiger partial charge in [-0.05, 0) is 43.4 Å². The summed E-state index contributed by atoms with van der Waals surface area (Å²) in [5, 5.41) is 3.31. The summed E-state index contributed by atoms with van der Waals surface area (Å²) in [5.74, 6) is 2.19. The summed E-state index contributed by atoms with van der Waals surface area (Å²) in [5.41, 5.74) is 6.10. The lowest BCUT2D eigenvalue weighted by atomic mass is 9.74. The lowest BCUT2D eigenvalue weighted by Gasteiger charge is -2.38. The second-order valence-electron chi connectivity index (χ2n) is 7.75. The van der Waals surface area contributed by atoms with Crippen LogP contribution in [0, 0.1) is 17.8 Å². The van der Waals surface area contributed by atoms with Crippen molar-refractivity contribution in [3.8, 4) is 0 Å². The molecule has 0 aliphatic heterocycles. The number of hydrogen-bond donors (Lipinski definition) is 2. The fourth-order valence-electron chi connectivity index (χ4n) is 4.20. The monoisotopic (exact) mass is 280 g/mol. The van der Waals surface area contributed by atoms with Crippen molar-refractivity contribution >= 4 is 5.91 Å². The average Bonchev–Trinajstić information content (AvgIpc) is 2.74. The molecule has 3 unspecified atom stereocenters. The molecular weight excluding hydrogens is 248 g/mol. The predicted octanol–water partition coefficient (Wildman–Crippen LogP) is 3.23. The van der Waals surface area contributed by atoms with Crippen LogP contribution in [0.3, 0.4) is 0 Å². The normalized spacial score (nSPS) is 33.4. The first-order chi connectivity index (χ1) is 9.39. The van der Waals surface area contributed by atoms with Gasteiger partial charge >= 0.3 is 0 Å². The van der Waals surface area contributed by atoms with E-state index in [2.05, 4.69) is 26.1 Å². The van der Waals surface area contributed by atoms with Crippen LogP contribution in [0.1, 0.15) is 72.1 Å². The molecule has 3 N–H and O–H groups in total. The second-order valence-corrected chi connectivity index (χ2v) is 7.75. The first kappa shape index (κ1) is 15.8. The van der Waals surface area contributed by atoms with E-state index < -0.39 is 0 Å². The van der Waals surface area contributed by atoms with Gasteiger partial charge in [0.1, 0.15) is 0 Å². The van der Waals surface area contributed by atoms with Gasteiger partial charge in [-0.25, -0.2) is 0 Å². The van der Waals surface area contributed by atoms with E-state index in [1.807, 2.05) is 0 Å². The number of nitrogens with one attached hydrogen (secondary N) is 1. The van der Waals surface area contributed by atoms with Gasteiger partial charge in [0.2, 0.25) is 5.91 Å². The van der Waals surface area contributed by atoms with E-state index >= 15 is 0 Å². The molecular formula is C17H32N2O. The van der Waals surface area contributed by atoms with Crippen LogP contribution in [0.25, 0.3) is 0 Å². The summed E-state index contributed by atoms with van der Waals surface area (Å²) in [6.07, 6.45) is 8.57. The van der Waals surface area contributed by atoms with Crippen molar-refractivity contribution in [3.05, 3.63) is 0 Å². The molecule has 0 radical (unpaired) electrons. The number of nitrogens with two attached hydrogens (primary N) is 1. The van der Waals surface area contributed by atoms with Crippen LogP contribution in [-0.2, 0) is 4.79 Å². The topological polar surface area (TPSA) is 55.1 Å². The Bertz CT molecular complexity index is 334. The maximum Gasteiger partial charge on any atom is 0.222 e. The van der Waals surface area contributed by atoms with Crippen molar-refractivity contribution < 1.29 is 4.79 Å². The van der Waals surface area contributed by atoms with E-state index in [0.29, 0.717) is 24.3 Å². The van der Waals surface area contributed by atoms with Crippen LogP contribution in [-0.4, -0.2) is 17.5 Å². The minimum atomic E-state index is -0.225. The second kappa shape index (κ2) is 6.46. The molecule has 2 aliphatic carbocycles. The van der Waals surface area contributed by atoms with E-state index in [9.17, 15) is 4.79 Å². The van der Waals surface area contributed by atoms with Gasteiger partial charge < -0.3 is 11.1 Å². The zero-order valence-corrected chi connectivity index (χ0v) is 13.5. The maximum absolute atomic E-state index is 12.4. The summed E-state index contributed by atoms with van der Waals surface area (Å²) in [7, 11) is 0. The molecule has 2 saturated carbocycles. The minimum Gasteiger partial charge on any atom is -0.353 e. The molecule has 0 spiro atoms. The minimum absolute atomic E-state index is 0.180. The number of hydrogen-bond acceptors (Lipinski definition) is 2. The van der Waals surface area contributed by atoms with Crippen LogP contribution in [0.5, 0.6) is 0 Å². The van der Waals surface area contributed by atoms with Crippen LogP contribution in [0.2, 0.25) is 0 Å². The third kappa shape index (κ3) is 3.97. The van der Waals surface area contributed by atoms with Crippen molar-refractivity contribution in [1.82, 2.24) is 5.32 Å². The Morgan fingerprint density at radius 2 is 1.95 bits per heavy atom. The zero-order valence-electron chi connectivity index (χ0n) is 13.5. The molecule has 0 heterocycles. The summed E-state index contributed by atoms with van der Waals surface area (Å²) >= 11 is 0.